The van der Waals surface area contributed by atoms with Gasteiger partial charge in [0.25, 0.3) is 0 Å². The summed E-state index contributed by atoms with van der Waals surface area (Å²) in [6.07, 6.45) is 4.59. The predicted octanol–water partition coefficient (Wildman–Crippen LogP) is 2.71. The molecular formula is C12H21NO. The molecule has 1 saturated heterocycles. The topological polar surface area (TPSA) is 23.5 Å². The second-order valence-corrected chi connectivity index (χ2v) is 4.89. The summed E-state index contributed by atoms with van der Waals surface area (Å²) in [4.78, 5) is 2.50. The lowest BCUT2D eigenvalue weighted by Crippen LogP contribution is -2.38. The zero-order chi connectivity index (χ0) is 10.1. The Labute approximate surface area is 86.6 Å². The number of piperidine rings is 1. The number of allylic oxidation sites excluding steroid dienone is 2. The molecule has 0 bridgehead atoms. The van der Waals surface area contributed by atoms with Crippen molar-refractivity contribution >= 4 is 0 Å². The van der Waals surface area contributed by atoms with Gasteiger partial charge in [0.05, 0.1) is 5.76 Å². The zero-order valence-corrected chi connectivity index (χ0v) is 9.29. The van der Waals surface area contributed by atoms with Gasteiger partial charge < -0.3 is 10.0 Å². The van der Waals surface area contributed by atoms with Gasteiger partial charge in [0, 0.05) is 12.0 Å². The van der Waals surface area contributed by atoms with E-state index in [4.69, 9.17) is 0 Å². The average Bonchev–Trinajstić information content (AvgIpc) is 3.00. The molecule has 1 N–H and O–H groups in total. The van der Waals surface area contributed by atoms with Crippen LogP contribution in [0.15, 0.2) is 11.3 Å². The minimum Gasteiger partial charge on any atom is -0.512 e. The van der Waals surface area contributed by atoms with Gasteiger partial charge in [0.15, 0.2) is 0 Å². The number of nitrogens with zero attached hydrogens (tertiary/aromatic N) is 1. The minimum atomic E-state index is 0.475. The van der Waals surface area contributed by atoms with E-state index < -0.39 is 0 Å². The number of aliphatic hydroxyl groups is 1. The molecule has 0 aromatic heterocycles. The van der Waals surface area contributed by atoms with E-state index in [1.54, 1.807) is 0 Å². The first kappa shape index (κ1) is 10.0. The first-order valence-electron chi connectivity index (χ1n) is 5.83. The molecule has 0 atom stereocenters. The lowest BCUT2D eigenvalue weighted by Gasteiger charge is -2.34. The molecule has 0 radical (unpaired) electrons. The van der Waals surface area contributed by atoms with Crippen molar-refractivity contribution in [2.45, 2.75) is 45.6 Å². The van der Waals surface area contributed by atoms with Gasteiger partial charge >= 0.3 is 0 Å². The quantitative estimate of drug-likeness (QED) is 0.685. The Balaban J connectivity index is 1.87. The molecule has 0 aromatic rings. The largest absolute Gasteiger partial charge is 0.512 e. The van der Waals surface area contributed by atoms with Gasteiger partial charge in [-0.15, -0.1) is 0 Å². The summed E-state index contributed by atoms with van der Waals surface area (Å²) >= 11 is 0. The average molecular weight is 195 g/mol. The van der Waals surface area contributed by atoms with E-state index >= 15 is 0 Å². The normalized spacial score (nSPS) is 24.4. The summed E-state index contributed by atoms with van der Waals surface area (Å²) in [6.45, 7) is 6.80. The van der Waals surface area contributed by atoms with Crippen LogP contribution < -0.4 is 0 Å². The van der Waals surface area contributed by atoms with Gasteiger partial charge in [0.1, 0.15) is 0 Å². The fraction of sp³-hybridized carbons (Fsp3) is 0.833. The van der Waals surface area contributed by atoms with Gasteiger partial charge in [-0.3, -0.25) is 0 Å². The van der Waals surface area contributed by atoms with E-state index in [2.05, 4.69) is 18.7 Å². The monoisotopic (exact) mass is 195 g/mol. The standard InChI is InChI=1S/C12H21NO/c1-9(2)13-7-5-11(6-8-13)12(14)10-3-4-10/h9,11,14H,3-8H2,1-2H3. The van der Waals surface area contributed by atoms with E-state index in [1.165, 1.54) is 5.57 Å². The molecule has 80 valence electrons. The maximum Gasteiger partial charge on any atom is 0.0946 e. The zero-order valence-electron chi connectivity index (χ0n) is 9.29. The summed E-state index contributed by atoms with van der Waals surface area (Å²) in [7, 11) is 0. The Kier molecular flexibility index (Phi) is 2.82. The van der Waals surface area contributed by atoms with E-state index in [0.29, 0.717) is 12.0 Å². The molecule has 0 spiro atoms. The first-order chi connectivity index (χ1) is 6.68. The fourth-order valence-corrected chi connectivity index (χ4v) is 2.30. The molecular weight excluding hydrogens is 174 g/mol. The molecule has 2 nitrogen and oxygen atoms in total. The molecule has 1 heterocycles. The molecule has 2 heteroatoms. The van der Waals surface area contributed by atoms with Gasteiger partial charge in [-0.1, -0.05) is 0 Å². The Morgan fingerprint density at radius 3 is 2.29 bits per heavy atom. The van der Waals surface area contributed by atoms with Crippen LogP contribution in [0, 0.1) is 5.92 Å². The lowest BCUT2D eigenvalue weighted by molar-refractivity contribution is 0.141. The summed E-state index contributed by atoms with van der Waals surface area (Å²) < 4.78 is 0. The smallest absolute Gasteiger partial charge is 0.0946 e. The van der Waals surface area contributed by atoms with Crippen molar-refractivity contribution in [1.29, 1.82) is 0 Å². The van der Waals surface area contributed by atoms with E-state index in [-0.39, 0.29) is 0 Å². The molecule has 2 aliphatic rings. The van der Waals surface area contributed by atoms with Crippen LogP contribution in [-0.4, -0.2) is 29.1 Å². The maximum absolute atomic E-state index is 9.90. The molecule has 0 aromatic carbocycles. The van der Waals surface area contributed by atoms with Crippen molar-refractivity contribution in [3.63, 3.8) is 0 Å². The van der Waals surface area contributed by atoms with Gasteiger partial charge in [-0.25, -0.2) is 0 Å². The molecule has 0 unspecified atom stereocenters. The number of rotatable bonds is 2. The highest BCUT2D eigenvalue weighted by molar-refractivity contribution is 5.22. The third-order valence-electron chi connectivity index (χ3n) is 3.51. The Morgan fingerprint density at radius 1 is 1.29 bits per heavy atom. The predicted molar refractivity (Wildman–Crippen MR) is 58.3 cm³/mol. The molecule has 14 heavy (non-hydrogen) atoms. The van der Waals surface area contributed by atoms with Crippen LogP contribution in [-0.2, 0) is 0 Å². The molecule has 1 saturated carbocycles. The highest BCUT2D eigenvalue weighted by Crippen LogP contribution is 2.36. The Hall–Kier alpha value is -0.500. The van der Waals surface area contributed by atoms with Crippen molar-refractivity contribution in [2.75, 3.05) is 13.1 Å². The van der Waals surface area contributed by atoms with Crippen molar-refractivity contribution in [3.8, 4) is 0 Å². The molecule has 1 aliphatic heterocycles. The van der Waals surface area contributed by atoms with E-state index in [0.717, 1.165) is 44.5 Å². The summed E-state index contributed by atoms with van der Waals surface area (Å²) in [5, 5.41) is 9.90. The van der Waals surface area contributed by atoms with Crippen molar-refractivity contribution in [1.82, 2.24) is 4.90 Å². The van der Waals surface area contributed by atoms with Crippen LogP contribution in [0.5, 0.6) is 0 Å². The van der Waals surface area contributed by atoms with Crippen molar-refractivity contribution in [2.24, 2.45) is 5.92 Å². The fourth-order valence-electron chi connectivity index (χ4n) is 2.30. The van der Waals surface area contributed by atoms with Crippen LogP contribution >= 0.6 is 0 Å². The summed E-state index contributed by atoms with van der Waals surface area (Å²) in [5.74, 6) is 1.22. The first-order valence-corrected chi connectivity index (χ1v) is 5.83. The van der Waals surface area contributed by atoms with Gasteiger partial charge in [-0.05, 0) is 58.2 Å². The molecule has 2 rings (SSSR count). The maximum atomic E-state index is 9.90. The minimum absolute atomic E-state index is 0.475. The van der Waals surface area contributed by atoms with Crippen LogP contribution in [0.4, 0.5) is 0 Å². The molecule has 2 fully saturated rings. The number of hydrogen-bond donors (Lipinski definition) is 1. The van der Waals surface area contributed by atoms with Gasteiger partial charge in [0.2, 0.25) is 0 Å². The summed E-state index contributed by atoms with van der Waals surface area (Å²) in [6, 6.07) is 0.659. The Bertz CT molecular complexity index is 231. The van der Waals surface area contributed by atoms with Crippen LogP contribution in [0.3, 0.4) is 0 Å². The third kappa shape index (κ3) is 2.11. The van der Waals surface area contributed by atoms with Gasteiger partial charge in [-0.2, -0.15) is 0 Å². The highest BCUT2D eigenvalue weighted by atomic mass is 16.3. The van der Waals surface area contributed by atoms with Crippen molar-refractivity contribution < 1.29 is 5.11 Å². The SMILES string of the molecule is CC(C)N1CCC(C(O)=C2CC2)CC1. The van der Waals surface area contributed by atoms with E-state index in [1.807, 2.05) is 0 Å². The van der Waals surface area contributed by atoms with Crippen LogP contribution in [0.25, 0.3) is 0 Å². The molecule has 1 aliphatic carbocycles. The highest BCUT2D eigenvalue weighted by Gasteiger charge is 2.28. The number of aliphatic hydroxyl groups excluding tert-OH is 1. The number of likely N-dealkylation sites (tertiary alicyclic amines) is 1. The van der Waals surface area contributed by atoms with Crippen LogP contribution in [0.1, 0.15) is 39.5 Å². The third-order valence-corrected chi connectivity index (χ3v) is 3.51. The van der Waals surface area contributed by atoms with E-state index in [9.17, 15) is 5.11 Å². The van der Waals surface area contributed by atoms with Crippen molar-refractivity contribution in [3.05, 3.63) is 11.3 Å². The number of hydrogen-bond acceptors (Lipinski definition) is 2. The molecule has 0 amide bonds. The van der Waals surface area contributed by atoms with Crippen LogP contribution in [0.2, 0.25) is 0 Å². The lowest BCUT2D eigenvalue weighted by atomic mass is 9.93. The Morgan fingerprint density at radius 2 is 1.86 bits per heavy atom. The second-order valence-electron chi connectivity index (χ2n) is 4.89. The summed E-state index contributed by atoms with van der Waals surface area (Å²) in [5.41, 5.74) is 1.33. The second kappa shape index (κ2) is 3.93.